The molecule has 0 saturated heterocycles. The average molecular weight is 137 g/mol. The molecule has 2 bridgehead atoms. The van der Waals surface area contributed by atoms with Gasteiger partial charge < -0.3 is 5.32 Å². The number of nitrogens with one attached hydrogen (secondary N) is 1. The first-order chi connectivity index (χ1) is 4.68. The normalized spacial score (nSPS) is 49.3. The average Bonchev–Trinajstić information content (AvgIpc) is 1.75. The second kappa shape index (κ2) is 1.65. The van der Waals surface area contributed by atoms with Crippen LogP contribution in [0.2, 0.25) is 0 Å². The van der Waals surface area contributed by atoms with E-state index in [-0.39, 0.29) is 0 Å². The first-order valence-corrected chi connectivity index (χ1v) is 4.04. The first-order valence-electron chi connectivity index (χ1n) is 4.04. The molecule has 0 unspecified atom stereocenters. The number of hydrogen-bond donors (Lipinski definition) is 1. The Hall–Kier alpha value is -0.300. The van der Waals surface area contributed by atoms with Crippen molar-refractivity contribution in [1.82, 2.24) is 5.32 Å². The van der Waals surface area contributed by atoms with Gasteiger partial charge in [0.05, 0.1) is 0 Å². The minimum absolute atomic E-state index is 0.558. The Bertz CT molecular complexity index is 152. The minimum atomic E-state index is 0.558. The van der Waals surface area contributed by atoms with Gasteiger partial charge in [-0.1, -0.05) is 13.0 Å². The van der Waals surface area contributed by atoms with Gasteiger partial charge in [-0.2, -0.15) is 0 Å². The Morgan fingerprint density at radius 1 is 1.50 bits per heavy atom. The molecule has 3 aliphatic rings. The molecule has 1 nitrogen and oxygen atoms in total. The number of rotatable bonds is 3. The predicted octanol–water partition coefficient (Wildman–Crippen LogP) is 1.70. The van der Waals surface area contributed by atoms with Crippen LogP contribution in [0.1, 0.15) is 26.2 Å². The fourth-order valence-corrected chi connectivity index (χ4v) is 2.77. The van der Waals surface area contributed by atoms with Crippen LogP contribution in [0.15, 0.2) is 12.7 Å². The van der Waals surface area contributed by atoms with Crippen molar-refractivity contribution in [2.75, 3.05) is 6.54 Å². The van der Waals surface area contributed by atoms with Gasteiger partial charge in [0.2, 0.25) is 0 Å². The highest BCUT2D eigenvalue weighted by molar-refractivity contribution is 5.21. The lowest BCUT2D eigenvalue weighted by atomic mass is 9.40. The molecule has 3 rings (SSSR count). The lowest BCUT2D eigenvalue weighted by Gasteiger charge is -2.70. The molecule has 3 fully saturated rings. The van der Waals surface area contributed by atoms with Crippen LogP contribution >= 0.6 is 0 Å². The van der Waals surface area contributed by atoms with Gasteiger partial charge in [0, 0.05) is 12.1 Å². The van der Waals surface area contributed by atoms with E-state index in [0.717, 1.165) is 12.0 Å². The van der Waals surface area contributed by atoms with Gasteiger partial charge in [-0.3, -0.25) is 0 Å². The summed E-state index contributed by atoms with van der Waals surface area (Å²) >= 11 is 0. The zero-order valence-corrected chi connectivity index (χ0v) is 6.61. The van der Waals surface area contributed by atoms with Crippen molar-refractivity contribution >= 4 is 0 Å². The summed E-state index contributed by atoms with van der Waals surface area (Å²) in [7, 11) is 0. The monoisotopic (exact) mass is 137 g/mol. The minimum Gasteiger partial charge on any atom is -0.308 e. The maximum absolute atomic E-state index is 3.69. The molecule has 0 aromatic carbocycles. The first kappa shape index (κ1) is 6.41. The molecule has 10 heavy (non-hydrogen) atoms. The van der Waals surface area contributed by atoms with Gasteiger partial charge >= 0.3 is 0 Å². The van der Waals surface area contributed by atoms with E-state index in [2.05, 4.69) is 18.8 Å². The maximum Gasteiger partial charge on any atom is 0.0200 e. The van der Waals surface area contributed by atoms with E-state index in [9.17, 15) is 0 Å². The molecule has 0 aromatic rings. The van der Waals surface area contributed by atoms with Crippen molar-refractivity contribution in [1.29, 1.82) is 0 Å². The third-order valence-electron chi connectivity index (χ3n) is 2.92. The maximum atomic E-state index is 3.69. The van der Waals surface area contributed by atoms with Gasteiger partial charge in [0.15, 0.2) is 0 Å². The largest absolute Gasteiger partial charge is 0.308 e. The van der Waals surface area contributed by atoms with E-state index < -0.39 is 0 Å². The van der Waals surface area contributed by atoms with E-state index in [0.29, 0.717) is 5.54 Å². The molecule has 1 N–H and O–H groups in total. The summed E-state index contributed by atoms with van der Waals surface area (Å²) in [4.78, 5) is 0. The van der Waals surface area contributed by atoms with Crippen LogP contribution in [-0.4, -0.2) is 12.1 Å². The van der Waals surface area contributed by atoms with Crippen LogP contribution < -0.4 is 5.32 Å². The molecule has 0 amide bonds. The fraction of sp³-hybridized carbons (Fsp3) is 0.778. The van der Waals surface area contributed by atoms with E-state index >= 15 is 0 Å². The highest BCUT2D eigenvalue weighted by Crippen LogP contribution is 2.66. The highest BCUT2D eigenvalue weighted by Gasteiger charge is 2.64. The summed E-state index contributed by atoms with van der Waals surface area (Å²) in [5.74, 6) is 0. The Morgan fingerprint density at radius 2 is 2.10 bits per heavy atom. The Balaban J connectivity index is 1.82. The number of hydrogen-bond acceptors (Lipinski definition) is 1. The van der Waals surface area contributed by atoms with Crippen LogP contribution in [0, 0.1) is 5.41 Å². The van der Waals surface area contributed by atoms with Crippen molar-refractivity contribution < 1.29 is 0 Å². The van der Waals surface area contributed by atoms with Crippen LogP contribution in [0.3, 0.4) is 0 Å². The van der Waals surface area contributed by atoms with Crippen molar-refractivity contribution in [3.05, 3.63) is 12.7 Å². The second-order valence-corrected chi connectivity index (χ2v) is 4.29. The van der Waals surface area contributed by atoms with Crippen LogP contribution in [-0.2, 0) is 0 Å². The van der Waals surface area contributed by atoms with Crippen molar-refractivity contribution in [2.45, 2.75) is 31.7 Å². The summed E-state index contributed by atoms with van der Waals surface area (Å²) in [6.45, 7) is 7.06. The lowest BCUT2D eigenvalue weighted by Crippen LogP contribution is -2.72. The molecule has 56 valence electrons. The summed E-state index contributed by atoms with van der Waals surface area (Å²) in [6.07, 6.45) is 6.14. The zero-order valence-electron chi connectivity index (χ0n) is 6.61. The van der Waals surface area contributed by atoms with E-state index in [1.165, 1.54) is 19.3 Å². The van der Waals surface area contributed by atoms with Crippen LogP contribution in [0.25, 0.3) is 0 Å². The molecule has 0 spiro atoms. The molecule has 0 radical (unpaired) electrons. The molecule has 0 heterocycles. The molecule has 3 saturated carbocycles. The van der Waals surface area contributed by atoms with Crippen molar-refractivity contribution in [3.63, 3.8) is 0 Å². The van der Waals surface area contributed by atoms with Crippen LogP contribution in [0.4, 0.5) is 0 Å². The van der Waals surface area contributed by atoms with E-state index in [4.69, 9.17) is 0 Å². The molecular formula is C9H15N. The Morgan fingerprint density at radius 3 is 2.50 bits per heavy atom. The second-order valence-electron chi connectivity index (χ2n) is 4.29. The predicted molar refractivity (Wildman–Crippen MR) is 42.9 cm³/mol. The standard InChI is InChI=1S/C9H15N/c1-3-4-10-9-5-8(2,6-9)7-9/h3,10H,1,4-7H2,2H3. The van der Waals surface area contributed by atoms with E-state index in [1.54, 1.807) is 0 Å². The van der Waals surface area contributed by atoms with Gasteiger partial charge in [-0.15, -0.1) is 6.58 Å². The summed E-state index contributed by atoms with van der Waals surface area (Å²) in [5, 5.41) is 3.52. The third kappa shape index (κ3) is 0.671. The topological polar surface area (TPSA) is 12.0 Å². The van der Waals surface area contributed by atoms with Crippen molar-refractivity contribution in [3.8, 4) is 0 Å². The summed E-state index contributed by atoms with van der Waals surface area (Å²) in [6, 6.07) is 0. The van der Waals surface area contributed by atoms with Gasteiger partial charge in [0.1, 0.15) is 0 Å². The van der Waals surface area contributed by atoms with Crippen molar-refractivity contribution in [2.24, 2.45) is 5.41 Å². The quantitative estimate of drug-likeness (QED) is 0.584. The lowest BCUT2D eigenvalue weighted by molar-refractivity contribution is -0.138. The molecule has 0 aliphatic heterocycles. The Labute approximate surface area is 62.5 Å². The fourth-order valence-electron chi connectivity index (χ4n) is 2.77. The molecule has 0 aromatic heterocycles. The van der Waals surface area contributed by atoms with Crippen LogP contribution in [0.5, 0.6) is 0 Å². The van der Waals surface area contributed by atoms with Gasteiger partial charge in [0.25, 0.3) is 0 Å². The smallest absolute Gasteiger partial charge is 0.0200 e. The molecule has 0 atom stereocenters. The molecule has 3 aliphatic carbocycles. The third-order valence-corrected chi connectivity index (χ3v) is 2.92. The molecule has 1 heteroatoms. The van der Waals surface area contributed by atoms with Gasteiger partial charge in [-0.25, -0.2) is 0 Å². The Kier molecular flexibility index (Phi) is 1.06. The highest BCUT2D eigenvalue weighted by atomic mass is 15.1. The molecular weight excluding hydrogens is 122 g/mol. The summed E-state index contributed by atoms with van der Waals surface area (Å²) < 4.78 is 0. The van der Waals surface area contributed by atoms with E-state index in [1.807, 2.05) is 6.08 Å². The zero-order chi connectivity index (χ0) is 7.24. The summed E-state index contributed by atoms with van der Waals surface area (Å²) in [5.41, 5.74) is 1.29. The van der Waals surface area contributed by atoms with Gasteiger partial charge in [-0.05, 0) is 24.7 Å². The SMILES string of the molecule is C=CCNC12CC(C)(C1)C2.